The van der Waals surface area contributed by atoms with Crippen LogP contribution in [0.5, 0.6) is 0 Å². The van der Waals surface area contributed by atoms with Crippen molar-refractivity contribution in [2.45, 2.75) is 19.9 Å². The molecule has 0 bridgehead atoms. The minimum Gasteiger partial charge on any atom is -0.481 e. The van der Waals surface area contributed by atoms with Gasteiger partial charge in [0.05, 0.1) is 6.04 Å². The fourth-order valence-electron chi connectivity index (χ4n) is 0. The van der Waals surface area contributed by atoms with Gasteiger partial charge in [0, 0.05) is 6.92 Å². The molecular formula is C5H11NO3. The number of aliphatic carboxylic acids is 1. The highest BCUT2D eigenvalue weighted by atomic mass is 16.4. The zero-order valence-electron chi connectivity index (χ0n) is 5.50. The van der Waals surface area contributed by atoms with Crippen LogP contribution >= 0.6 is 0 Å². The van der Waals surface area contributed by atoms with Gasteiger partial charge in [-0.1, -0.05) is 0 Å². The van der Waals surface area contributed by atoms with Crippen molar-refractivity contribution in [3.63, 3.8) is 0 Å². The summed E-state index contributed by atoms with van der Waals surface area (Å²) in [6, 6.07) is -0.296. The molecule has 0 aromatic heterocycles. The van der Waals surface area contributed by atoms with Crippen LogP contribution in [0.3, 0.4) is 0 Å². The molecule has 54 valence electrons. The molecule has 9 heavy (non-hydrogen) atoms. The Morgan fingerprint density at radius 3 is 1.89 bits per heavy atom. The van der Waals surface area contributed by atoms with Crippen LogP contribution in [0.4, 0.5) is 0 Å². The summed E-state index contributed by atoms with van der Waals surface area (Å²) in [5.41, 5.74) is 4.92. The van der Waals surface area contributed by atoms with Crippen LogP contribution < -0.4 is 5.73 Å². The van der Waals surface area contributed by atoms with E-state index in [4.69, 9.17) is 15.6 Å². The Bertz CT molecular complexity index is 86.2. The monoisotopic (exact) mass is 133 g/mol. The molecule has 3 N–H and O–H groups in total. The number of aldehydes is 1. The Labute approximate surface area is 53.7 Å². The van der Waals surface area contributed by atoms with Gasteiger partial charge in [0.15, 0.2) is 0 Å². The third-order valence-electron chi connectivity index (χ3n) is 0.215. The van der Waals surface area contributed by atoms with Crippen LogP contribution in [0.25, 0.3) is 0 Å². The van der Waals surface area contributed by atoms with E-state index in [0.717, 1.165) is 6.92 Å². The van der Waals surface area contributed by atoms with Crippen molar-refractivity contribution >= 4 is 12.3 Å². The van der Waals surface area contributed by atoms with Crippen LogP contribution in [0.1, 0.15) is 13.8 Å². The lowest BCUT2D eigenvalue weighted by molar-refractivity contribution is -0.134. The third-order valence-corrected chi connectivity index (χ3v) is 0.215. The van der Waals surface area contributed by atoms with E-state index in [1.54, 1.807) is 6.92 Å². The van der Waals surface area contributed by atoms with Gasteiger partial charge in [0.2, 0.25) is 0 Å². The number of carbonyl (C=O) groups is 2. The summed E-state index contributed by atoms with van der Waals surface area (Å²) in [6.45, 7) is 2.72. The van der Waals surface area contributed by atoms with Gasteiger partial charge in [-0.05, 0) is 6.92 Å². The third kappa shape index (κ3) is 153. The quantitative estimate of drug-likeness (QED) is 0.478. The zero-order valence-corrected chi connectivity index (χ0v) is 5.50. The van der Waals surface area contributed by atoms with Gasteiger partial charge >= 0.3 is 0 Å². The van der Waals surface area contributed by atoms with E-state index in [-0.39, 0.29) is 6.04 Å². The van der Waals surface area contributed by atoms with E-state index in [2.05, 4.69) is 0 Å². The predicted molar refractivity (Wildman–Crippen MR) is 33.0 cm³/mol. The maximum Gasteiger partial charge on any atom is 0.300 e. The Balaban J connectivity index is 0. The second-order valence-corrected chi connectivity index (χ2v) is 1.51. The molecule has 0 amide bonds. The molecule has 0 radical (unpaired) electrons. The number of hydrogen-bond acceptors (Lipinski definition) is 3. The fourth-order valence-corrected chi connectivity index (χ4v) is 0. The molecule has 0 aromatic rings. The first-order valence-electron chi connectivity index (χ1n) is 2.41. The van der Waals surface area contributed by atoms with Crippen LogP contribution in [0.15, 0.2) is 0 Å². The summed E-state index contributed by atoms with van der Waals surface area (Å²) in [6.07, 6.45) is 0.694. The highest BCUT2D eigenvalue weighted by Crippen LogP contribution is 1.55. The number of rotatable bonds is 1. The fraction of sp³-hybridized carbons (Fsp3) is 0.600. The van der Waals surface area contributed by atoms with Gasteiger partial charge in [-0.3, -0.25) is 4.79 Å². The molecular weight excluding hydrogens is 122 g/mol. The predicted octanol–water partition coefficient (Wildman–Crippen LogP) is -0.377. The SMILES string of the molecule is CC(=O)O.CC(N)C=O. The average Bonchev–Trinajstić information content (AvgIpc) is 1.65. The van der Waals surface area contributed by atoms with Crippen LogP contribution in [-0.2, 0) is 9.59 Å². The first-order valence-corrected chi connectivity index (χ1v) is 2.41. The van der Waals surface area contributed by atoms with E-state index < -0.39 is 5.97 Å². The van der Waals surface area contributed by atoms with E-state index in [1.807, 2.05) is 0 Å². The molecule has 0 heterocycles. The molecule has 0 saturated carbocycles. The second-order valence-electron chi connectivity index (χ2n) is 1.51. The van der Waals surface area contributed by atoms with Crippen molar-refractivity contribution in [2.24, 2.45) is 5.73 Å². The average molecular weight is 133 g/mol. The molecule has 0 saturated heterocycles. The first kappa shape index (κ1) is 11.0. The number of carboxylic acid groups (broad SMARTS) is 1. The van der Waals surface area contributed by atoms with Crippen LogP contribution in [0, 0.1) is 0 Å². The summed E-state index contributed by atoms with van der Waals surface area (Å²) < 4.78 is 0. The Morgan fingerprint density at radius 2 is 1.89 bits per heavy atom. The van der Waals surface area contributed by atoms with E-state index in [0.29, 0.717) is 6.29 Å². The molecule has 0 aromatic carbocycles. The summed E-state index contributed by atoms with van der Waals surface area (Å²) in [7, 11) is 0. The first-order chi connectivity index (χ1) is 4.00. The molecule has 4 nitrogen and oxygen atoms in total. The van der Waals surface area contributed by atoms with Crippen molar-refractivity contribution in [3.05, 3.63) is 0 Å². The summed E-state index contributed by atoms with van der Waals surface area (Å²) in [5.74, 6) is -0.833. The van der Waals surface area contributed by atoms with Crippen molar-refractivity contribution in [1.29, 1.82) is 0 Å². The van der Waals surface area contributed by atoms with Crippen molar-refractivity contribution < 1.29 is 14.7 Å². The van der Waals surface area contributed by atoms with Crippen molar-refractivity contribution in [3.8, 4) is 0 Å². The molecule has 0 aliphatic rings. The van der Waals surface area contributed by atoms with Gasteiger partial charge in [-0.25, -0.2) is 0 Å². The normalized spacial score (nSPS) is 10.6. The molecule has 0 rings (SSSR count). The largest absolute Gasteiger partial charge is 0.481 e. The second kappa shape index (κ2) is 7.10. The summed E-state index contributed by atoms with van der Waals surface area (Å²) >= 11 is 0. The maximum absolute atomic E-state index is 9.38. The molecule has 1 atom stereocenters. The summed E-state index contributed by atoms with van der Waals surface area (Å²) in [4.78, 5) is 18.4. The highest BCUT2D eigenvalue weighted by molar-refractivity contribution is 5.62. The van der Waals surface area contributed by atoms with E-state index in [9.17, 15) is 4.79 Å². The maximum atomic E-state index is 9.38. The molecule has 0 fully saturated rings. The van der Waals surface area contributed by atoms with Gasteiger partial charge in [0.1, 0.15) is 6.29 Å². The van der Waals surface area contributed by atoms with Gasteiger partial charge < -0.3 is 15.6 Å². The van der Waals surface area contributed by atoms with Crippen LogP contribution in [0.2, 0.25) is 0 Å². The molecule has 4 heteroatoms. The number of carboxylic acids is 1. The Morgan fingerprint density at radius 1 is 1.78 bits per heavy atom. The lowest BCUT2D eigenvalue weighted by atomic mass is 10.4. The van der Waals surface area contributed by atoms with E-state index >= 15 is 0 Å². The highest BCUT2D eigenvalue weighted by Gasteiger charge is 1.79. The minimum absolute atomic E-state index is 0.296. The van der Waals surface area contributed by atoms with Gasteiger partial charge in [-0.15, -0.1) is 0 Å². The molecule has 0 aliphatic heterocycles. The number of nitrogens with two attached hydrogens (primary N) is 1. The van der Waals surface area contributed by atoms with Gasteiger partial charge in [0.25, 0.3) is 5.97 Å². The zero-order chi connectivity index (χ0) is 7.86. The Kier molecular flexibility index (Phi) is 8.66. The van der Waals surface area contributed by atoms with Crippen molar-refractivity contribution in [1.82, 2.24) is 0 Å². The summed E-state index contributed by atoms with van der Waals surface area (Å²) in [5, 5.41) is 7.42. The topological polar surface area (TPSA) is 80.4 Å². The minimum atomic E-state index is -0.833. The molecule has 1 unspecified atom stereocenters. The van der Waals surface area contributed by atoms with Gasteiger partial charge in [-0.2, -0.15) is 0 Å². The number of hydrogen-bond donors (Lipinski definition) is 2. The standard InChI is InChI=1S/C3H7NO.C2H4O2/c1-3(4)2-5;1-2(3)4/h2-3H,4H2,1H3;1H3,(H,3,4). The molecule has 0 aliphatic carbocycles. The lowest BCUT2D eigenvalue weighted by Gasteiger charge is -1.80. The van der Waals surface area contributed by atoms with E-state index in [1.165, 1.54) is 0 Å². The Hall–Kier alpha value is -0.900. The smallest absolute Gasteiger partial charge is 0.300 e. The lowest BCUT2D eigenvalue weighted by Crippen LogP contribution is -2.15. The number of carbonyl (C=O) groups excluding carboxylic acids is 1. The van der Waals surface area contributed by atoms with Crippen molar-refractivity contribution in [2.75, 3.05) is 0 Å². The van der Waals surface area contributed by atoms with Crippen LogP contribution in [-0.4, -0.2) is 23.4 Å². The molecule has 0 spiro atoms.